The largest absolute Gasteiger partial charge is 0.498 e. The summed E-state index contributed by atoms with van der Waals surface area (Å²) >= 11 is 0. The molecule has 7 atom stereocenters. The molecule has 0 bridgehead atoms. The number of hydrogen-bond donors (Lipinski definition) is 0. The molecule has 0 aliphatic heterocycles. The molecule has 0 radical (unpaired) electrons. The van der Waals surface area contributed by atoms with Gasteiger partial charge >= 0.3 is 0 Å². The van der Waals surface area contributed by atoms with Crippen molar-refractivity contribution in [1.82, 2.24) is 0 Å². The minimum absolute atomic E-state index is 0.201. The van der Waals surface area contributed by atoms with Gasteiger partial charge in [-0.15, -0.1) is 0 Å². The Kier molecular flexibility index (Phi) is 6.18. The lowest BCUT2D eigenvalue weighted by atomic mass is 9.47. The summed E-state index contributed by atoms with van der Waals surface area (Å²) in [6.45, 7) is 20.2. The van der Waals surface area contributed by atoms with Gasteiger partial charge in [0.25, 0.3) is 0 Å². The van der Waals surface area contributed by atoms with E-state index in [9.17, 15) is 0 Å². The zero-order chi connectivity index (χ0) is 22.4. The van der Waals surface area contributed by atoms with Crippen LogP contribution in [0.3, 0.4) is 0 Å². The Balaban J connectivity index is 1.54. The molecule has 1 nitrogen and oxygen atoms in total. The van der Waals surface area contributed by atoms with Crippen molar-refractivity contribution >= 4 is 0 Å². The van der Waals surface area contributed by atoms with Crippen LogP contribution < -0.4 is 0 Å². The van der Waals surface area contributed by atoms with Gasteiger partial charge in [0.15, 0.2) is 0 Å². The number of allylic oxidation sites excluding steroid dienone is 6. The predicted octanol–water partition coefficient (Wildman–Crippen LogP) is 8.56. The first kappa shape index (κ1) is 22.7. The fourth-order valence-electron chi connectivity index (χ4n) is 7.98. The predicted molar refractivity (Wildman–Crippen MR) is 133 cm³/mol. The van der Waals surface area contributed by atoms with Gasteiger partial charge in [-0.1, -0.05) is 62.0 Å². The SMILES string of the molecule is C=COC(CC(C)=C(C)C)CC1CCC2C3CC=C4CC=CC(=C)C4(C)C3CCC12C. The molecule has 170 valence electrons. The molecule has 0 saturated heterocycles. The van der Waals surface area contributed by atoms with Crippen molar-refractivity contribution < 1.29 is 4.74 Å². The Labute approximate surface area is 191 Å². The molecule has 31 heavy (non-hydrogen) atoms. The lowest BCUT2D eigenvalue weighted by Gasteiger charge is -2.57. The van der Waals surface area contributed by atoms with Crippen LogP contribution in [0.2, 0.25) is 0 Å². The highest BCUT2D eigenvalue weighted by Gasteiger charge is 2.58. The third kappa shape index (κ3) is 3.70. The van der Waals surface area contributed by atoms with Gasteiger partial charge in [0.05, 0.1) is 6.26 Å². The number of rotatable bonds is 6. The van der Waals surface area contributed by atoms with E-state index in [1.807, 2.05) is 0 Å². The first-order chi connectivity index (χ1) is 14.7. The van der Waals surface area contributed by atoms with Crippen LogP contribution in [0, 0.1) is 34.5 Å². The van der Waals surface area contributed by atoms with E-state index in [0.717, 1.165) is 36.5 Å². The number of fused-ring (bicyclic) bond motifs is 5. The Hall–Kier alpha value is -1.50. The summed E-state index contributed by atoms with van der Waals surface area (Å²) in [5.74, 6) is 3.20. The van der Waals surface area contributed by atoms with Crippen LogP contribution in [0.5, 0.6) is 0 Å². The van der Waals surface area contributed by atoms with Gasteiger partial charge in [0, 0.05) is 11.8 Å². The highest BCUT2D eigenvalue weighted by atomic mass is 16.5. The number of hydrogen-bond acceptors (Lipinski definition) is 1. The maximum atomic E-state index is 6.06. The quantitative estimate of drug-likeness (QED) is 0.309. The molecule has 4 rings (SSSR count). The van der Waals surface area contributed by atoms with E-state index in [1.54, 1.807) is 11.8 Å². The van der Waals surface area contributed by atoms with Gasteiger partial charge in [-0.2, -0.15) is 0 Å². The average molecular weight is 421 g/mol. The smallest absolute Gasteiger partial charge is 0.102 e. The second-order valence-electron chi connectivity index (χ2n) is 11.6. The van der Waals surface area contributed by atoms with Crippen LogP contribution in [0.25, 0.3) is 0 Å². The third-order valence-corrected chi connectivity index (χ3v) is 10.2. The summed E-state index contributed by atoms with van der Waals surface area (Å²) in [7, 11) is 0. The van der Waals surface area contributed by atoms with E-state index in [0.29, 0.717) is 5.41 Å². The van der Waals surface area contributed by atoms with E-state index in [-0.39, 0.29) is 11.5 Å². The van der Waals surface area contributed by atoms with Gasteiger partial charge in [0.2, 0.25) is 0 Å². The first-order valence-electron chi connectivity index (χ1n) is 12.7. The summed E-state index contributed by atoms with van der Waals surface area (Å²) in [4.78, 5) is 0. The van der Waals surface area contributed by atoms with Crippen molar-refractivity contribution in [3.05, 3.63) is 59.9 Å². The van der Waals surface area contributed by atoms with Crippen LogP contribution in [-0.4, -0.2) is 6.10 Å². The minimum atomic E-state index is 0.201. The second kappa shape index (κ2) is 8.45. The third-order valence-electron chi connectivity index (χ3n) is 10.2. The van der Waals surface area contributed by atoms with Gasteiger partial charge in [-0.25, -0.2) is 0 Å². The molecule has 4 aliphatic carbocycles. The van der Waals surface area contributed by atoms with E-state index >= 15 is 0 Å². The van der Waals surface area contributed by atoms with Crippen LogP contribution in [0.4, 0.5) is 0 Å². The molecule has 0 heterocycles. The van der Waals surface area contributed by atoms with Crippen molar-refractivity contribution in [1.29, 1.82) is 0 Å². The topological polar surface area (TPSA) is 9.23 Å². The molecular formula is C30H44O. The molecule has 2 saturated carbocycles. The van der Waals surface area contributed by atoms with Crippen molar-refractivity contribution in [2.75, 3.05) is 0 Å². The highest BCUT2D eigenvalue weighted by molar-refractivity contribution is 5.42. The van der Waals surface area contributed by atoms with Crippen LogP contribution >= 0.6 is 0 Å². The second-order valence-corrected chi connectivity index (χ2v) is 11.6. The molecule has 0 aromatic rings. The molecular weight excluding hydrogens is 376 g/mol. The van der Waals surface area contributed by atoms with Gasteiger partial charge < -0.3 is 4.74 Å². The molecule has 7 unspecified atom stereocenters. The highest BCUT2D eigenvalue weighted by Crippen LogP contribution is 2.67. The van der Waals surface area contributed by atoms with Gasteiger partial charge in [-0.05, 0) is 100 Å². The van der Waals surface area contributed by atoms with Crippen LogP contribution in [0.1, 0.15) is 86.0 Å². The van der Waals surface area contributed by atoms with Crippen molar-refractivity contribution in [2.24, 2.45) is 34.5 Å². The van der Waals surface area contributed by atoms with Crippen molar-refractivity contribution in [3.8, 4) is 0 Å². The zero-order valence-corrected chi connectivity index (χ0v) is 20.7. The van der Waals surface area contributed by atoms with Crippen molar-refractivity contribution in [3.63, 3.8) is 0 Å². The molecule has 0 amide bonds. The Morgan fingerprint density at radius 1 is 1.19 bits per heavy atom. The number of ether oxygens (including phenoxy) is 1. The summed E-state index contributed by atoms with van der Waals surface area (Å²) in [6.07, 6.45) is 19.3. The van der Waals surface area contributed by atoms with E-state index in [1.165, 1.54) is 55.2 Å². The molecule has 0 spiro atoms. The summed E-state index contributed by atoms with van der Waals surface area (Å²) < 4.78 is 6.06. The first-order valence-corrected chi connectivity index (χ1v) is 12.7. The lowest BCUT2D eigenvalue weighted by Crippen LogP contribution is -2.49. The monoisotopic (exact) mass is 420 g/mol. The molecule has 1 heteroatoms. The standard InChI is InChI=1S/C30H44O/c1-8-31-25(18-21(4)20(2)3)19-24-13-15-27-26-14-12-23-11-9-10-22(5)30(23,7)28(26)16-17-29(24,27)6/h8-10,12,24-28H,1,5,11,13-19H2,2-4,6-7H3. The Morgan fingerprint density at radius 2 is 1.97 bits per heavy atom. The summed E-state index contributed by atoms with van der Waals surface area (Å²) in [6, 6.07) is 0. The average Bonchev–Trinajstić information content (AvgIpc) is 3.05. The van der Waals surface area contributed by atoms with E-state index in [2.05, 4.69) is 66.0 Å². The maximum absolute atomic E-state index is 6.06. The van der Waals surface area contributed by atoms with Crippen molar-refractivity contribution in [2.45, 2.75) is 92.1 Å². The fourth-order valence-corrected chi connectivity index (χ4v) is 7.98. The molecule has 2 fully saturated rings. The fraction of sp³-hybridized carbons (Fsp3) is 0.667. The summed E-state index contributed by atoms with van der Waals surface area (Å²) in [5, 5.41) is 0. The summed E-state index contributed by atoms with van der Waals surface area (Å²) in [5.41, 5.74) is 6.55. The van der Waals surface area contributed by atoms with Crippen LogP contribution in [-0.2, 0) is 4.74 Å². The molecule has 4 aliphatic rings. The molecule has 0 aromatic heterocycles. The zero-order valence-electron chi connectivity index (χ0n) is 20.7. The normalized spacial score (nSPS) is 39.6. The Bertz CT molecular complexity index is 821. The Morgan fingerprint density at radius 3 is 2.68 bits per heavy atom. The molecule has 0 N–H and O–H groups in total. The molecule has 0 aromatic carbocycles. The van der Waals surface area contributed by atoms with Crippen LogP contribution in [0.15, 0.2) is 59.9 Å². The van der Waals surface area contributed by atoms with E-state index in [4.69, 9.17) is 4.74 Å². The van der Waals surface area contributed by atoms with Gasteiger partial charge in [-0.3, -0.25) is 0 Å². The van der Waals surface area contributed by atoms with E-state index < -0.39 is 0 Å². The lowest BCUT2D eigenvalue weighted by molar-refractivity contribution is -0.0339. The van der Waals surface area contributed by atoms with Gasteiger partial charge in [0.1, 0.15) is 6.10 Å². The maximum Gasteiger partial charge on any atom is 0.102 e. The minimum Gasteiger partial charge on any atom is -0.498 e.